The van der Waals surface area contributed by atoms with Crippen molar-refractivity contribution in [1.29, 1.82) is 0 Å². The fourth-order valence-electron chi connectivity index (χ4n) is 2.59. The number of aliphatic hydroxyl groups is 2. The molecule has 1 rings (SSSR count). The summed E-state index contributed by atoms with van der Waals surface area (Å²) in [5.74, 6) is -1.30. The minimum absolute atomic E-state index is 0.153. The molecule has 3 amide bonds. The number of carbonyl (C=O) groups excluding carboxylic acids is 3. The van der Waals surface area contributed by atoms with E-state index in [1.165, 1.54) is 11.8 Å². The fourth-order valence-corrected chi connectivity index (χ4v) is 3.54. The second-order valence-electron chi connectivity index (χ2n) is 6.11. The number of amides is 3. The Bertz CT molecular complexity index is 611. The van der Waals surface area contributed by atoms with Crippen molar-refractivity contribution in [3.8, 4) is 0 Å². The van der Waals surface area contributed by atoms with Crippen LogP contribution in [0.4, 0.5) is 0 Å². The van der Waals surface area contributed by atoms with Crippen LogP contribution < -0.4 is 10.6 Å². The Hall–Kier alpha value is -1.90. The molecule has 0 saturated carbocycles. The maximum Gasteiger partial charge on any atom is 0.257 e. The Morgan fingerprint density at radius 3 is 2.41 bits per heavy atom. The molecule has 0 bridgehead atoms. The lowest BCUT2D eigenvalue weighted by molar-refractivity contribution is -0.137. The topological polar surface area (TPSA) is 116 Å². The summed E-state index contributed by atoms with van der Waals surface area (Å²) in [4.78, 5) is 35.6. The van der Waals surface area contributed by atoms with Gasteiger partial charge in [-0.3, -0.25) is 19.7 Å². The molecule has 0 aromatic heterocycles. The Kier molecular flexibility index (Phi) is 10.7. The molecule has 7 nitrogen and oxygen atoms in total. The van der Waals surface area contributed by atoms with Crippen molar-refractivity contribution in [2.45, 2.75) is 50.5 Å². The molecule has 3 atom stereocenters. The molecule has 0 aliphatic rings. The van der Waals surface area contributed by atoms with Gasteiger partial charge in [0.1, 0.15) is 6.61 Å². The van der Waals surface area contributed by atoms with Crippen LogP contribution in [0.3, 0.4) is 0 Å². The van der Waals surface area contributed by atoms with Gasteiger partial charge in [-0.1, -0.05) is 44.2 Å². The molecule has 0 aliphatic carbocycles. The third kappa shape index (κ3) is 8.55. The van der Waals surface area contributed by atoms with Gasteiger partial charge in [0.05, 0.1) is 6.04 Å². The number of nitrogens with one attached hydrogen (secondary N) is 2. The first-order chi connectivity index (χ1) is 12.9. The van der Waals surface area contributed by atoms with Gasteiger partial charge in [-0.15, -0.1) is 0 Å². The normalized spacial score (nSPS) is 14.1. The van der Waals surface area contributed by atoms with E-state index in [0.717, 1.165) is 11.3 Å². The predicted octanol–water partition coefficient (Wildman–Crippen LogP) is 0.632. The lowest BCUT2D eigenvalue weighted by Gasteiger charge is -2.28. The van der Waals surface area contributed by atoms with Gasteiger partial charge in [0.25, 0.3) is 5.91 Å². The summed E-state index contributed by atoms with van der Waals surface area (Å²) in [5, 5.41) is 23.5. The van der Waals surface area contributed by atoms with Crippen LogP contribution in [0.15, 0.2) is 30.3 Å². The van der Waals surface area contributed by atoms with E-state index in [4.69, 9.17) is 5.11 Å². The minimum atomic E-state index is -1.59. The van der Waals surface area contributed by atoms with Crippen molar-refractivity contribution in [2.24, 2.45) is 0 Å². The first kappa shape index (κ1) is 23.1. The molecule has 0 spiro atoms. The van der Waals surface area contributed by atoms with E-state index in [1.54, 1.807) is 6.92 Å². The van der Waals surface area contributed by atoms with Crippen molar-refractivity contribution >= 4 is 29.5 Å². The summed E-state index contributed by atoms with van der Waals surface area (Å²) in [5.41, 5.74) is 1.11. The van der Waals surface area contributed by atoms with Crippen LogP contribution in [-0.4, -0.2) is 57.7 Å². The highest BCUT2D eigenvalue weighted by Gasteiger charge is 2.32. The summed E-state index contributed by atoms with van der Waals surface area (Å²) in [6.07, 6.45) is -0.149. The van der Waals surface area contributed by atoms with Gasteiger partial charge in [-0.05, 0) is 24.2 Å². The standard InChI is InChI=1S/C19H28N2O5S/c1-3-27-13(2)17(20-16(24)12-22)18(25)19(26)21-15(23)11-7-10-14-8-5-4-6-9-14/h4-6,8-9,13,17-18,22,25H,3,7,10-12H2,1-2H3,(H,20,24)(H,21,23,26)/t13?,17-,18?/m0/s1. The molecule has 0 fully saturated rings. The van der Waals surface area contributed by atoms with Crippen molar-refractivity contribution in [3.63, 3.8) is 0 Å². The molecule has 4 N–H and O–H groups in total. The van der Waals surface area contributed by atoms with Crippen LogP contribution in [0.1, 0.15) is 32.3 Å². The Labute approximate surface area is 163 Å². The molecule has 0 aliphatic heterocycles. The number of imide groups is 1. The number of aryl methyl sites for hydroxylation is 1. The highest BCUT2D eigenvalue weighted by atomic mass is 32.2. The largest absolute Gasteiger partial charge is 0.387 e. The SMILES string of the molecule is CCSC(C)[C@H](NC(=O)CO)C(O)C(=O)NC(=O)CCCc1ccccc1. The van der Waals surface area contributed by atoms with Crippen molar-refractivity contribution in [2.75, 3.05) is 12.4 Å². The molecule has 0 saturated heterocycles. The first-order valence-electron chi connectivity index (χ1n) is 8.96. The second kappa shape index (κ2) is 12.5. The molecule has 8 heteroatoms. The van der Waals surface area contributed by atoms with E-state index in [9.17, 15) is 19.5 Å². The molecule has 1 aromatic rings. The van der Waals surface area contributed by atoms with Crippen molar-refractivity contribution in [1.82, 2.24) is 10.6 Å². The zero-order valence-electron chi connectivity index (χ0n) is 15.7. The maximum absolute atomic E-state index is 12.2. The molecule has 150 valence electrons. The van der Waals surface area contributed by atoms with Crippen LogP contribution in [0.5, 0.6) is 0 Å². The lowest BCUT2D eigenvalue weighted by Crippen LogP contribution is -2.55. The van der Waals surface area contributed by atoms with E-state index in [1.807, 2.05) is 37.3 Å². The predicted molar refractivity (Wildman–Crippen MR) is 105 cm³/mol. The van der Waals surface area contributed by atoms with E-state index in [2.05, 4.69) is 10.6 Å². The van der Waals surface area contributed by atoms with Crippen molar-refractivity contribution < 1.29 is 24.6 Å². The Balaban J connectivity index is 2.54. The van der Waals surface area contributed by atoms with Gasteiger partial charge >= 0.3 is 0 Å². The average Bonchev–Trinajstić information content (AvgIpc) is 2.66. The Morgan fingerprint density at radius 1 is 1.15 bits per heavy atom. The zero-order valence-corrected chi connectivity index (χ0v) is 16.5. The molecule has 2 unspecified atom stereocenters. The van der Waals surface area contributed by atoms with E-state index < -0.39 is 36.5 Å². The van der Waals surface area contributed by atoms with Crippen LogP contribution >= 0.6 is 11.8 Å². The molecular weight excluding hydrogens is 368 g/mol. The third-order valence-corrected chi connectivity index (χ3v) is 5.14. The molecular formula is C19H28N2O5S. The van der Waals surface area contributed by atoms with Gasteiger partial charge in [0.15, 0.2) is 6.10 Å². The van der Waals surface area contributed by atoms with Gasteiger partial charge in [-0.2, -0.15) is 11.8 Å². The van der Waals surface area contributed by atoms with Gasteiger partial charge in [0, 0.05) is 11.7 Å². The molecule has 0 radical (unpaired) electrons. The average molecular weight is 397 g/mol. The lowest BCUT2D eigenvalue weighted by atomic mass is 10.1. The number of carbonyl (C=O) groups is 3. The Morgan fingerprint density at radius 2 is 1.81 bits per heavy atom. The number of hydrogen-bond donors (Lipinski definition) is 4. The van der Waals surface area contributed by atoms with E-state index in [0.29, 0.717) is 12.8 Å². The number of aliphatic hydroxyl groups excluding tert-OH is 2. The molecule has 0 heterocycles. The first-order valence-corrected chi connectivity index (χ1v) is 10.0. The highest BCUT2D eigenvalue weighted by Crippen LogP contribution is 2.17. The highest BCUT2D eigenvalue weighted by molar-refractivity contribution is 7.99. The number of hydrogen-bond acceptors (Lipinski definition) is 6. The second-order valence-corrected chi connectivity index (χ2v) is 7.76. The van der Waals surface area contributed by atoms with E-state index >= 15 is 0 Å². The minimum Gasteiger partial charge on any atom is -0.387 e. The van der Waals surface area contributed by atoms with Crippen LogP contribution in [0.25, 0.3) is 0 Å². The molecule has 27 heavy (non-hydrogen) atoms. The molecule has 1 aromatic carbocycles. The summed E-state index contributed by atoms with van der Waals surface area (Å²) in [6, 6.07) is 8.78. The van der Waals surface area contributed by atoms with Gasteiger partial charge in [0.2, 0.25) is 11.8 Å². The van der Waals surface area contributed by atoms with E-state index in [-0.39, 0.29) is 11.7 Å². The van der Waals surface area contributed by atoms with Crippen LogP contribution in [-0.2, 0) is 20.8 Å². The fraction of sp³-hybridized carbons (Fsp3) is 0.526. The monoisotopic (exact) mass is 396 g/mol. The van der Waals surface area contributed by atoms with Gasteiger partial charge in [-0.25, -0.2) is 0 Å². The third-order valence-electron chi connectivity index (χ3n) is 3.99. The summed E-state index contributed by atoms with van der Waals surface area (Å²) >= 11 is 1.45. The summed E-state index contributed by atoms with van der Waals surface area (Å²) in [7, 11) is 0. The number of benzene rings is 1. The number of thioether (sulfide) groups is 1. The quantitative estimate of drug-likeness (QED) is 0.436. The van der Waals surface area contributed by atoms with Gasteiger partial charge < -0.3 is 15.5 Å². The van der Waals surface area contributed by atoms with Crippen LogP contribution in [0.2, 0.25) is 0 Å². The summed E-state index contributed by atoms with van der Waals surface area (Å²) in [6.45, 7) is 2.93. The van der Waals surface area contributed by atoms with Crippen molar-refractivity contribution in [3.05, 3.63) is 35.9 Å². The van der Waals surface area contributed by atoms with Crippen LogP contribution in [0, 0.1) is 0 Å². The maximum atomic E-state index is 12.2. The zero-order chi connectivity index (χ0) is 20.2. The number of rotatable bonds is 11. The smallest absolute Gasteiger partial charge is 0.257 e. The summed E-state index contributed by atoms with van der Waals surface area (Å²) < 4.78 is 0.